The summed E-state index contributed by atoms with van der Waals surface area (Å²) in [5.74, 6) is 1.48. The fourth-order valence-electron chi connectivity index (χ4n) is 2.33. The first kappa shape index (κ1) is 15.0. The standard InChI is InChI=1S/C15H26N2O/c1-5-8-17-15(12(6-2)7-3)13-9-14(18-4)11-16-10-13/h9-12,15,17H,5-8H2,1-4H3. The Kier molecular flexibility index (Phi) is 6.73. The van der Waals surface area contributed by atoms with E-state index in [1.807, 2.05) is 6.20 Å². The van der Waals surface area contributed by atoms with Crippen LogP contribution < -0.4 is 10.1 Å². The Hall–Kier alpha value is -1.09. The van der Waals surface area contributed by atoms with Crippen molar-refractivity contribution in [3.05, 3.63) is 24.0 Å². The average molecular weight is 250 g/mol. The van der Waals surface area contributed by atoms with Gasteiger partial charge in [0.05, 0.1) is 13.3 Å². The highest BCUT2D eigenvalue weighted by Crippen LogP contribution is 2.28. The highest BCUT2D eigenvalue weighted by atomic mass is 16.5. The molecule has 1 heterocycles. The SMILES string of the molecule is CCCNC(c1cncc(OC)c1)C(CC)CC. The minimum atomic E-state index is 0.377. The van der Waals surface area contributed by atoms with Crippen LogP contribution in [0.1, 0.15) is 51.6 Å². The molecular formula is C15H26N2O. The van der Waals surface area contributed by atoms with Crippen molar-refractivity contribution in [3.63, 3.8) is 0 Å². The van der Waals surface area contributed by atoms with E-state index in [1.54, 1.807) is 13.3 Å². The van der Waals surface area contributed by atoms with Crippen LogP contribution in [0.5, 0.6) is 5.75 Å². The number of methoxy groups -OCH3 is 1. The summed E-state index contributed by atoms with van der Waals surface area (Å²) in [6.07, 6.45) is 7.21. The van der Waals surface area contributed by atoms with Crippen molar-refractivity contribution in [1.82, 2.24) is 10.3 Å². The first-order valence-electron chi connectivity index (χ1n) is 6.99. The molecule has 0 saturated carbocycles. The number of hydrogen-bond donors (Lipinski definition) is 1. The third-order valence-corrected chi connectivity index (χ3v) is 3.46. The van der Waals surface area contributed by atoms with Crippen LogP contribution in [0.4, 0.5) is 0 Å². The summed E-state index contributed by atoms with van der Waals surface area (Å²) in [4.78, 5) is 4.27. The van der Waals surface area contributed by atoms with Gasteiger partial charge in [0, 0.05) is 12.2 Å². The highest BCUT2D eigenvalue weighted by molar-refractivity contribution is 5.26. The number of pyridine rings is 1. The molecule has 0 aliphatic rings. The van der Waals surface area contributed by atoms with Gasteiger partial charge in [-0.1, -0.05) is 33.6 Å². The van der Waals surface area contributed by atoms with Gasteiger partial charge in [-0.05, 0) is 30.5 Å². The van der Waals surface area contributed by atoms with Crippen LogP contribution in [0.15, 0.2) is 18.5 Å². The molecule has 1 aromatic heterocycles. The maximum atomic E-state index is 5.27. The van der Waals surface area contributed by atoms with Gasteiger partial charge in [-0.15, -0.1) is 0 Å². The monoisotopic (exact) mass is 250 g/mol. The molecule has 3 heteroatoms. The molecule has 0 saturated heterocycles. The average Bonchev–Trinajstić information content (AvgIpc) is 2.43. The minimum absolute atomic E-state index is 0.377. The third kappa shape index (κ3) is 3.98. The van der Waals surface area contributed by atoms with Crippen LogP contribution in [0.25, 0.3) is 0 Å². The summed E-state index contributed by atoms with van der Waals surface area (Å²) in [7, 11) is 1.69. The lowest BCUT2D eigenvalue weighted by atomic mass is 9.89. The molecule has 0 radical (unpaired) electrons. The summed E-state index contributed by atoms with van der Waals surface area (Å²) in [6, 6.07) is 2.47. The van der Waals surface area contributed by atoms with Gasteiger partial charge in [0.1, 0.15) is 5.75 Å². The number of rotatable bonds is 8. The van der Waals surface area contributed by atoms with E-state index in [1.165, 1.54) is 18.4 Å². The lowest BCUT2D eigenvalue weighted by molar-refractivity contribution is 0.338. The summed E-state index contributed by atoms with van der Waals surface area (Å²) in [5.41, 5.74) is 1.23. The number of nitrogens with zero attached hydrogens (tertiary/aromatic N) is 1. The van der Waals surface area contributed by atoms with Crippen LogP contribution in [0.2, 0.25) is 0 Å². The maximum absolute atomic E-state index is 5.27. The van der Waals surface area contributed by atoms with Gasteiger partial charge >= 0.3 is 0 Å². The Morgan fingerprint density at radius 3 is 2.50 bits per heavy atom. The van der Waals surface area contributed by atoms with E-state index in [0.29, 0.717) is 12.0 Å². The zero-order valence-corrected chi connectivity index (χ0v) is 12.1. The topological polar surface area (TPSA) is 34.2 Å². The molecule has 1 unspecified atom stereocenters. The van der Waals surface area contributed by atoms with Crippen LogP contribution in [-0.4, -0.2) is 18.6 Å². The zero-order chi connectivity index (χ0) is 13.4. The molecule has 102 valence electrons. The molecule has 0 amide bonds. The zero-order valence-electron chi connectivity index (χ0n) is 12.1. The van der Waals surface area contributed by atoms with E-state index in [-0.39, 0.29) is 0 Å². The fourth-order valence-corrected chi connectivity index (χ4v) is 2.33. The summed E-state index contributed by atoms with van der Waals surface area (Å²) < 4.78 is 5.27. The molecule has 0 fully saturated rings. The van der Waals surface area contributed by atoms with Crippen molar-refractivity contribution < 1.29 is 4.74 Å². The van der Waals surface area contributed by atoms with Crippen LogP contribution in [0, 0.1) is 5.92 Å². The van der Waals surface area contributed by atoms with E-state index >= 15 is 0 Å². The predicted octanol–water partition coefficient (Wildman–Crippen LogP) is 3.57. The largest absolute Gasteiger partial charge is 0.495 e. The van der Waals surface area contributed by atoms with Gasteiger partial charge in [0.2, 0.25) is 0 Å². The molecule has 1 atom stereocenters. The van der Waals surface area contributed by atoms with Crippen LogP contribution in [-0.2, 0) is 0 Å². The normalized spacial score (nSPS) is 12.7. The van der Waals surface area contributed by atoms with Gasteiger partial charge in [0.25, 0.3) is 0 Å². The lowest BCUT2D eigenvalue weighted by Gasteiger charge is -2.27. The molecule has 0 bridgehead atoms. The summed E-state index contributed by atoms with van der Waals surface area (Å²) in [6.45, 7) is 7.74. The predicted molar refractivity (Wildman–Crippen MR) is 75.9 cm³/mol. The van der Waals surface area contributed by atoms with Crippen molar-refractivity contribution >= 4 is 0 Å². The molecule has 1 aromatic rings. The second kappa shape index (κ2) is 8.09. The van der Waals surface area contributed by atoms with E-state index in [0.717, 1.165) is 18.7 Å². The van der Waals surface area contributed by atoms with Crippen molar-refractivity contribution in [1.29, 1.82) is 0 Å². The van der Waals surface area contributed by atoms with E-state index in [4.69, 9.17) is 4.74 Å². The number of hydrogen-bond acceptors (Lipinski definition) is 3. The summed E-state index contributed by atoms with van der Waals surface area (Å²) >= 11 is 0. The minimum Gasteiger partial charge on any atom is -0.495 e. The smallest absolute Gasteiger partial charge is 0.137 e. The molecule has 0 aliphatic carbocycles. The van der Waals surface area contributed by atoms with Gasteiger partial charge in [-0.25, -0.2) is 0 Å². The molecule has 1 N–H and O–H groups in total. The number of nitrogens with one attached hydrogen (secondary N) is 1. The number of ether oxygens (including phenoxy) is 1. The van der Waals surface area contributed by atoms with Crippen molar-refractivity contribution in [2.24, 2.45) is 5.92 Å². The quantitative estimate of drug-likeness (QED) is 0.766. The number of aromatic nitrogens is 1. The highest BCUT2D eigenvalue weighted by Gasteiger charge is 2.20. The maximum Gasteiger partial charge on any atom is 0.137 e. The van der Waals surface area contributed by atoms with Crippen molar-refractivity contribution in [2.45, 2.75) is 46.1 Å². The Labute approximate surface area is 111 Å². The molecule has 0 aromatic carbocycles. The Morgan fingerprint density at radius 1 is 1.22 bits per heavy atom. The Morgan fingerprint density at radius 2 is 1.94 bits per heavy atom. The fraction of sp³-hybridized carbons (Fsp3) is 0.667. The molecule has 0 aliphatic heterocycles. The molecule has 0 spiro atoms. The van der Waals surface area contributed by atoms with Crippen LogP contribution in [0.3, 0.4) is 0 Å². The summed E-state index contributed by atoms with van der Waals surface area (Å²) in [5, 5.41) is 3.64. The van der Waals surface area contributed by atoms with Crippen molar-refractivity contribution in [2.75, 3.05) is 13.7 Å². The first-order chi connectivity index (χ1) is 8.76. The van der Waals surface area contributed by atoms with Gasteiger partial charge in [0.15, 0.2) is 0 Å². The Bertz CT molecular complexity index is 337. The molecular weight excluding hydrogens is 224 g/mol. The van der Waals surface area contributed by atoms with E-state index < -0.39 is 0 Å². The first-order valence-corrected chi connectivity index (χ1v) is 6.99. The van der Waals surface area contributed by atoms with E-state index in [9.17, 15) is 0 Å². The Balaban J connectivity index is 2.92. The molecule has 3 nitrogen and oxygen atoms in total. The van der Waals surface area contributed by atoms with Crippen molar-refractivity contribution in [3.8, 4) is 5.75 Å². The van der Waals surface area contributed by atoms with Gasteiger partial charge in [-0.2, -0.15) is 0 Å². The second-order valence-electron chi connectivity index (χ2n) is 4.67. The lowest BCUT2D eigenvalue weighted by Crippen LogP contribution is -2.28. The second-order valence-corrected chi connectivity index (χ2v) is 4.67. The molecule has 1 rings (SSSR count). The third-order valence-electron chi connectivity index (χ3n) is 3.46. The van der Waals surface area contributed by atoms with Gasteiger partial charge < -0.3 is 10.1 Å². The molecule has 18 heavy (non-hydrogen) atoms. The van der Waals surface area contributed by atoms with Crippen LogP contribution >= 0.6 is 0 Å². The van der Waals surface area contributed by atoms with E-state index in [2.05, 4.69) is 37.1 Å². The van der Waals surface area contributed by atoms with Gasteiger partial charge in [-0.3, -0.25) is 4.98 Å².